The smallest absolute Gasteiger partial charge is 0.327 e. The molecule has 0 aromatic carbocycles. The zero-order chi connectivity index (χ0) is 9.42. The summed E-state index contributed by atoms with van der Waals surface area (Å²) >= 11 is 0. The third-order valence-corrected chi connectivity index (χ3v) is 1.92. The van der Waals surface area contributed by atoms with Gasteiger partial charge in [-0.3, -0.25) is 14.8 Å². The largest absolute Gasteiger partial charge is 0.373 e. The Labute approximate surface area is 73.4 Å². The highest BCUT2D eigenvalue weighted by Crippen LogP contribution is 2.16. The number of fused-ring (bicyclic) bond motifs is 1. The van der Waals surface area contributed by atoms with Gasteiger partial charge in [-0.2, -0.15) is 0 Å². The molecule has 1 aromatic rings. The first kappa shape index (κ1) is 7.90. The van der Waals surface area contributed by atoms with Gasteiger partial charge in [0.05, 0.1) is 0 Å². The molecule has 1 atom stereocenters. The second-order valence-electron chi connectivity index (χ2n) is 3.08. The molecule has 4 N–H and O–H groups in total. The van der Waals surface area contributed by atoms with Gasteiger partial charge in [-0.25, -0.2) is 4.79 Å². The van der Waals surface area contributed by atoms with Crippen LogP contribution in [0.25, 0.3) is 0 Å². The Bertz CT molecular complexity index is 433. The van der Waals surface area contributed by atoms with Gasteiger partial charge in [0.2, 0.25) is 0 Å². The van der Waals surface area contributed by atoms with E-state index in [-0.39, 0.29) is 6.04 Å². The van der Waals surface area contributed by atoms with E-state index in [0.717, 1.165) is 0 Å². The van der Waals surface area contributed by atoms with Crippen molar-refractivity contribution < 1.29 is 0 Å². The Morgan fingerprint density at radius 3 is 2.85 bits per heavy atom. The first-order chi connectivity index (χ1) is 6.16. The molecule has 1 unspecified atom stereocenters. The minimum Gasteiger partial charge on any atom is -0.373 e. The first-order valence-corrected chi connectivity index (χ1v) is 4.04. The van der Waals surface area contributed by atoms with Crippen LogP contribution in [0.4, 0.5) is 11.5 Å². The topological polar surface area (TPSA) is 89.8 Å². The maximum atomic E-state index is 11.3. The molecule has 0 aliphatic carbocycles. The Morgan fingerprint density at radius 2 is 2.08 bits per heavy atom. The Kier molecular flexibility index (Phi) is 1.61. The van der Waals surface area contributed by atoms with Crippen LogP contribution in [0, 0.1) is 0 Å². The van der Waals surface area contributed by atoms with E-state index in [0.29, 0.717) is 18.1 Å². The molecule has 0 bridgehead atoms. The summed E-state index contributed by atoms with van der Waals surface area (Å²) in [4.78, 5) is 26.8. The van der Waals surface area contributed by atoms with Crippen molar-refractivity contribution in [2.24, 2.45) is 0 Å². The minimum absolute atomic E-state index is 0.180. The second kappa shape index (κ2) is 2.65. The van der Waals surface area contributed by atoms with Crippen molar-refractivity contribution in [1.82, 2.24) is 9.97 Å². The first-order valence-electron chi connectivity index (χ1n) is 4.04. The molecule has 13 heavy (non-hydrogen) atoms. The average Bonchev–Trinajstić information content (AvgIpc) is 2.06. The molecular weight excluding hydrogens is 172 g/mol. The third-order valence-electron chi connectivity index (χ3n) is 1.92. The minimum atomic E-state index is -0.493. The number of aromatic amines is 2. The standard InChI is InChI=1S/C7H10N4O2/c1-3-2-8-5-4(9-3)6(12)11-7(13)10-5/h3,9H,2H2,1H3,(H3,8,10,11,12,13). The molecule has 70 valence electrons. The highest BCUT2D eigenvalue weighted by atomic mass is 16.2. The third kappa shape index (κ3) is 1.30. The van der Waals surface area contributed by atoms with Gasteiger partial charge in [0.25, 0.3) is 5.56 Å². The summed E-state index contributed by atoms with van der Waals surface area (Å²) < 4.78 is 0. The lowest BCUT2D eigenvalue weighted by Gasteiger charge is -2.23. The van der Waals surface area contributed by atoms with Crippen LogP contribution >= 0.6 is 0 Å². The normalized spacial score (nSPS) is 19.9. The van der Waals surface area contributed by atoms with Crippen LogP contribution in [-0.4, -0.2) is 22.6 Å². The molecule has 0 fully saturated rings. The maximum Gasteiger partial charge on any atom is 0.327 e. The lowest BCUT2D eigenvalue weighted by molar-refractivity contribution is 0.798. The van der Waals surface area contributed by atoms with Crippen molar-refractivity contribution in [2.45, 2.75) is 13.0 Å². The molecule has 1 aliphatic rings. The van der Waals surface area contributed by atoms with Gasteiger partial charge in [0, 0.05) is 12.6 Å². The van der Waals surface area contributed by atoms with E-state index in [4.69, 9.17) is 0 Å². The molecule has 2 heterocycles. The van der Waals surface area contributed by atoms with Crippen molar-refractivity contribution in [3.8, 4) is 0 Å². The molecule has 2 rings (SSSR count). The zero-order valence-electron chi connectivity index (χ0n) is 7.10. The molecule has 0 amide bonds. The van der Waals surface area contributed by atoms with Crippen molar-refractivity contribution >= 4 is 11.5 Å². The van der Waals surface area contributed by atoms with E-state index < -0.39 is 11.2 Å². The van der Waals surface area contributed by atoms with Crippen molar-refractivity contribution in [3.05, 3.63) is 20.8 Å². The van der Waals surface area contributed by atoms with Gasteiger partial charge < -0.3 is 10.6 Å². The fourth-order valence-corrected chi connectivity index (χ4v) is 1.31. The number of anilines is 2. The molecule has 0 spiro atoms. The SMILES string of the molecule is CC1CNc2[nH]c(=O)[nH]c(=O)c2N1. The van der Waals surface area contributed by atoms with E-state index >= 15 is 0 Å². The van der Waals surface area contributed by atoms with Crippen LogP contribution in [0.15, 0.2) is 9.59 Å². The summed E-state index contributed by atoms with van der Waals surface area (Å²) in [5, 5.41) is 5.93. The number of nitrogens with one attached hydrogen (secondary N) is 4. The fourth-order valence-electron chi connectivity index (χ4n) is 1.31. The lowest BCUT2D eigenvalue weighted by Crippen LogP contribution is -2.37. The van der Waals surface area contributed by atoms with E-state index in [1.165, 1.54) is 0 Å². The molecular formula is C7H10N4O2. The van der Waals surface area contributed by atoms with Crippen LogP contribution in [0.2, 0.25) is 0 Å². The Hall–Kier alpha value is -1.72. The average molecular weight is 182 g/mol. The van der Waals surface area contributed by atoms with Crippen molar-refractivity contribution in [1.29, 1.82) is 0 Å². The summed E-state index contributed by atoms with van der Waals surface area (Å²) in [6.45, 7) is 2.63. The number of rotatable bonds is 0. The molecule has 6 heteroatoms. The van der Waals surface area contributed by atoms with Crippen LogP contribution in [0.5, 0.6) is 0 Å². The molecule has 1 aromatic heterocycles. The highest BCUT2D eigenvalue weighted by Gasteiger charge is 2.16. The summed E-state index contributed by atoms with van der Waals surface area (Å²) in [6, 6.07) is 0.180. The van der Waals surface area contributed by atoms with E-state index in [2.05, 4.69) is 20.6 Å². The molecule has 0 saturated heterocycles. The summed E-state index contributed by atoms with van der Waals surface area (Å²) in [6.07, 6.45) is 0. The monoisotopic (exact) mass is 182 g/mol. The number of hydrogen-bond acceptors (Lipinski definition) is 4. The Morgan fingerprint density at radius 1 is 1.31 bits per heavy atom. The van der Waals surface area contributed by atoms with Gasteiger partial charge in [-0.15, -0.1) is 0 Å². The maximum absolute atomic E-state index is 11.3. The molecule has 0 radical (unpaired) electrons. The van der Waals surface area contributed by atoms with Gasteiger partial charge in [-0.1, -0.05) is 0 Å². The zero-order valence-corrected chi connectivity index (χ0v) is 7.10. The van der Waals surface area contributed by atoms with Crippen LogP contribution < -0.4 is 21.9 Å². The second-order valence-corrected chi connectivity index (χ2v) is 3.08. The van der Waals surface area contributed by atoms with E-state index in [1.807, 2.05) is 6.92 Å². The van der Waals surface area contributed by atoms with Gasteiger partial charge in [-0.05, 0) is 6.92 Å². The van der Waals surface area contributed by atoms with Gasteiger partial charge >= 0.3 is 5.69 Å². The van der Waals surface area contributed by atoms with E-state index in [1.54, 1.807) is 0 Å². The number of H-pyrrole nitrogens is 2. The fraction of sp³-hybridized carbons (Fsp3) is 0.429. The summed E-state index contributed by atoms with van der Waals surface area (Å²) in [5.41, 5.74) is -0.483. The number of hydrogen-bond donors (Lipinski definition) is 4. The van der Waals surface area contributed by atoms with E-state index in [9.17, 15) is 9.59 Å². The van der Waals surface area contributed by atoms with Crippen molar-refractivity contribution in [3.63, 3.8) is 0 Å². The lowest BCUT2D eigenvalue weighted by atomic mass is 10.2. The van der Waals surface area contributed by atoms with Gasteiger partial charge in [0.15, 0.2) is 0 Å². The van der Waals surface area contributed by atoms with Crippen LogP contribution in [0.1, 0.15) is 6.92 Å². The summed E-state index contributed by atoms with van der Waals surface area (Å²) in [5.74, 6) is 0.465. The highest BCUT2D eigenvalue weighted by molar-refractivity contribution is 5.65. The van der Waals surface area contributed by atoms with Crippen LogP contribution in [0.3, 0.4) is 0 Å². The molecule has 0 saturated carbocycles. The predicted molar refractivity (Wildman–Crippen MR) is 49.3 cm³/mol. The van der Waals surface area contributed by atoms with Gasteiger partial charge in [0.1, 0.15) is 11.5 Å². The predicted octanol–water partition coefficient (Wildman–Crippen LogP) is -0.711. The summed E-state index contributed by atoms with van der Waals surface area (Å²) in [7, 11) is 0. The number of aromatic nitrogens is 2. The van der Waals surface area contributed by atoms with Crippen LogP contribution in [-0.2, 0) is 0 Å². The quantitative estimate of drug-likeness (QED) is 0.426. The molecule has 1 aliphatic heterocycles. The van der Waals surface area contributed by atoms with Crippen molar-refractivity contribution in [2.75, 3.05) is 17.2 Å². The molecule has 6 nitrogen and oxygen atoms in total. The Balaban J connectivity index is 2.60.